The molecule has 1 aromatic carbocycles. The average Bonchev–Trinajstić information content (AvgIpc) is 3.11. The third-order valence-corrected chi connectivity index (χ3v) is 3.84. The Labute approximate surface area is 186 Å². The van der Waals surface area contributed by atoms with Crippen LogP contribution < -0.4 is 15.4 Å². The van der Waals surface area contributed by atoms with Crippen molar-refractivity contribution < 1.29 is 19.2 Å². The van der Waals surface area contributed by atoms with Gasteiger partial charge in [-0.3, -0.25) is 15.1 Å². The van der Waals surface area contributed by atoms with Crippen molar-refractivity contribution in [2.75, 3.05) is 19.7 Å². The molecule has 2 unspecified atom stereocenters. The fourth-order valence-electron chi connectivity index (χ4n) is 2.39. The summed E-state index contributed by atoms with van der Waals surface area (Å²) in [5.74, 6) is 2.63. The highest BCUT2D eigenvalue weighted by Crippen LogP contribution is 2.17. The number of non-ortho nitro benzene ring substituents is 1. The van der Waals surface area contributed by atoms with E-state index in [2.05, 4.69) is 15.6 Å². The van der Waals surface area contributed by atoms with Gasteiger partial charge in [-0.2, -0.15) is 0 Å². The fraction of sp³-hybridized carbons (Fsp3) is 0.421. The Hall–Kier alpha value is -2.34. The molecule has 0 aliphatic heterocycles. The van der Waals surface area contributed by atoms with E-state index in [0.29, 0.717) is 18.3 Å². The summed E-state index contributed by atoms with van der Waals surface area (Å²) in [7, 11) is 0. The molecule has 29 heavy (non-hydrogen) atoms. The Bertz CT molecular complexity index is 794. The maximum absolute atomic E-state index is 10.6. The first-order chi connectivity index (χ1) is 13.4. The fourth-order valence-corrected chi connectivity index (χ4v) is 2.39. The number of aliphatic imine (C=N–C) groups is 1. The van der Waals surface area contributed by atoms with Crippen LogP contribution in [0.3, 0.4) is 0 Å². The van der Waals surface area contributed by atoms with E-state index in [0.717, 1.165) is 11.5 Å². The van der Waals surface area contributed by atoms with Gasteiger partial charge in [-0.25, -0.2) is 0 Å². The van der Waals surface area contributed by atoms with Crippen LogP contribution in [-0.4, -0.2) is 41.8 Å². The molecule has 0 saturated heterocycles. The van der Waals surface area contributed by atoms with E-state index >= 15 is 0 Å². The Morgan fingerprint density at radius 1 is 1.31 bits per heavy atom. The largest absolute Gasteiger partial charge is 0.491 e. The zero-order valence-electron chi connectivity index (χ0n) is 16.6. The number of nitrogens with zero attached hydrogens (tertiary/aromatic N) is 2. The number of aliphatic hydroxyl groups is 1. The van der Waals surface area contributed by atoms with Gasteiger partial charge in [0.15, 0.2) is 5.96 Å². The predicted molar refractivity (Wildman–Crippen MR) is 121 cm³/mol. The molecule has 0 saturated carbocycles. The van der Waals surface area contributed by atoms with Gasteiger partial charge in [-0.1, -0.05) is 0 Å². The lowest BCUT2D eigenvalue weighted by Gasteiger charge is -2.17. The first kappa shape index (κ1) is 24.7. The minimum atomic E-state index is -0.827. The molecule has 9 nitrogen and oxygen atoms in total. The first-order valence-corrected chi connectivity index (χ1v) is 9.05. The average molecular weight is 518 g/mol. The molecule has 10 heteroatoms. The lowest BCUT2D eigenvalue weighted by molar-refractivity contribution is -0.384. The number of furan rings is 1. The lowest BCUT2D eigenvalue weighted by atomic mass is 10.2. The summed E-state index contributed by atoms with van der Waals surface area (Å²) in [4.78, 5) is 14.5. The van der Waals surface area contributed by atoms with Gasteiger partial charge in [-0.05, 0) is 45.0 Å². The van der Waals surface area contributed by atoms with E-state index in [9.17, 15) is 15.2 Å². The lowest BCUT2D eigenvalue weighted by Crippen LogP contribution is -2.39. The number of aryl methyl sites for hydroxylation is 1. The molecule has 0 aliphatic rings. The van der Waals surface area contributed by atoms with Crippen molar-refractivity contribution in [3.05, 3.63) is 58.0 Å². The van der Waals surface area contributed by atoms with Gasteiger partial charge in [0.1, 0.15) is 30.0 Å². The number of nitrogens with one attached hydrogen (secondary N) is 2. The van der Waals surface area contributed by atoms with Gasteiger partial charge in [0.2, 0.25) is 0 Å². The van der Waals surface area contributed by atoms with Crippen molar-refractivity contribution in [3.63, 3.8) is 0 Å². The summed E-state index contributed by atoms with van der Waals surface area (Å²) < 4.78 is 11.1. The summed E-state index contributed by atoms with van der Waals surface area (Å²) >= 11 is 0. The molecule has 0 aliphatic carbocycles. The van der Waals surface area contributed by atoms with E-state index in [1.807, 2.05) is 32.9 Å². The number of nitro benzene ring substituents is 1. The molecule has 2 rings (SSSR count). The standard InChI is InChI=1S/C19H26N4O5.HI/c1-4-20-19(22-14(3)18-10-5-13(2)28-18)21-11-16(24)12-27-17-8-6-15(7-9-17)23(25)26;/h5-10,14,16,24H,4,11-12H2,1-3H3,(H2,20,21,22);1H. The normalized spacial score (nSPS) is 13.2. The maximum Gasteiger partial charge on any atom is 0.269 e. The van der Waals surface area contributed by atoms with Crippen LogP contribution in [0.2, 0.25) is 0 Å². The summed E-state index contributed by atoms with van der Waals surface area (Å²) in [6.07, 6.45) is -0.827. The number of halogens is 1. The van der Waals surface area contributed by atoms with Crippen molar-refractivity contribution in [2.24, 2.45) is 4.99 Å². The minimum absolute atomic E-state index is 0. The van der Waals surface area contributed by atoms with E-state index in [-0.39, 0.29) is 48.9 Å². The number of ether oxygens (including phenoxy) is 1. The first-order valence-electron chi connectivity index (χ1n) is 9.05. The molecule has 0 fully saturated rings. The molecule has 0 radical (unpaired) electrons. The Balaban J connectivity index is 0.00000420. The van der Waals surface area contributed by atoms with Crippen LogP contribution in [0.25, 0.3) is 0 Å². The smallest absolute Gasteiger partial charge is 0.269 e. The topological polar surface area (TPSA) is 122 Å². The molecule has 1 heterocycles. The van der Waals surface area contributed by atoms with Crippen molar-refractivity contribution in [3.8, 4) is 5.75 Å². The Morgan fingerprint density at radius 2 is 2.00 bits per heavy atom. The molecule has 2 atom stereocenters. The van der Waals surface area contributed by atoms with Crippen LogP contribution in [0, 0.1) is 17.0 Å². The summed E-state index contributed by atoms with van der Waals surface area (Å²) in [5.41, 5.74) is -0.0141. The zero-order valence-corrected chi connectivity index (χ0v) is 19.0. The van der Waals surface area contributed by atoms with Crippen molar-refractivity contribution >= 4 is 35.6 Å². The highest BCUT2D eigenvalue weighted by atomic mass is 127. The maximum atomic E-state index is 10.6. The third kappa shape index (κ3) is 8.28. The van der Waals surface area contributed by atoms with Crippen LogP contribution >= 0.6 is 24.0 Å². The highest BCUT2D eigenvalue weighted by molar-refractivity contribution is 14.0. The van der Waals surface area contributed by atoms with Gasteiger partial charge in [0.05, 0.1) is 17.5 Å². The number of guanidine groups is 1. The molecule has 1 aromatic heterocycles. The number of benzene rings is 1. The van der Waals surface area contributed by atoms with E-state index in [4.69, 9.17) is 9.15 Å². The second-order valence-electron chi connectivity index (χ2n) is 6.25. The number of hydrogen-bond acceptors (Lipinski definition) is 6. The van der Waals surface area contributed by atoms with Crippen molar-refractivity contribution in [2.45, 2.75) is 32.9 Å². The van der Waals surface area contributed by atoms with E-state index in [1.165, 1.54) is 24.3 Å². The summed E-state index contributed by atoms with van der Waals surface area (Å²) in [5, 5.41) is 27.1. The zero-order chi connectivity index (χ0) is 20.5. The number of rotatable bonds is 9. The van der Waals surface area contributed by atoms with Gasteiger partial charge < -0.3 is 24.9 Å². The third-order valence-electron chi connectivity index (χ3n) is 3.84. The second kappa shape index (κ2) is 12.3. The quantitative estimate of drug-likeness (QED) is 0.153. The Morgan fingerprint density at radius 3 is 2.55 bits per heavy atom. The second-order valence-corrected chi connectivity index (χ2v) is 6.25. The number of aliphatic hydroxyl groups excluding tert-OH is 1. The molecule has 160 valence electrons. The van der Waals surface area contributed by atoms with Crippen LogP contribution in [0.15, 0.2) is 45.8 Å². The number of hydrogen-bond donors (Lipinski definition) is 3. The summed E-state index contributed by atoms with van der Waals surface area (Å²) in [6.45, 7) is 6.62. The molecular formula is C19H27IN4O5. The Kier molecular flexibility index (Phi) is 10.5. The summed E-state index contributed by atoms with van der Waals surface area (Å²) in [6, 6.07) is 9.41. The predicted octanol–water partition coefficient (Wildman–Crippen LogP) is 3.17. The SMILES string of the molecule is CCNC(=NCC(O)COc1ccc([N+](=O)[O-])cc1)NC(C)c1ccc(C)o1.I. The van der Waals surface area contributed by atoms with E-state index in [1.54, 1.807) is 0 Å². The van der Waals surface area contributed by atoms with Crippen LogP contribution in [0.4, 0.5) is 5.69 Å². The molecule has 3 N–H and O–H groups in total. The molecule has 0 spiro atoms. The van der Waals surface area contributed by atoms with Crippen LogP contribution in [-0.2, 0) is 0 Å². The minimum Gasteiger partial charge on any atom is -0.491 e. The van der Waals surface area contributed by atoms with Gasteiger partial charge in [0, 0.05) is 18.7 Å². The van der Waals surface area contributed by atoms with Crippen molar-refractivity contribution in [1.29, 1.82) is 0 Å². The molecule has 2 aromatic rings. The molecular weight excluding hydrogens is 491 g/mol. The number of nitro groups is 1. The van der Waals surface area contributed by atoms with Gasteiger partial charge in [0.25, 0.3) is 5.69 Å². The van der Waals surface area contributed by atoms with Crippen molar-refractivity contribution in [1.82, 2.24) is 10.6 Å². The van der Waals surface area contributed by atoms with Crippen LogP contribution in [0.5, 0.6) is 5.75 Å². The molecule has 0 bridgehead atoms. The highest BCUT2D eigenvalue weighted by Gasteiger charge is 2.12. The molecule has 0 amide bonds. The van der Waals surface area contributed by atoms with Gasteiger partial charge >= 0.3 is 0 Å². The van der Waals surface area contributed by atoms with E-state index < -0.39 is 11.0 Å². The van der Waals surface area contributed by atoms with Gasteiger partial charge in [-0.15, -0.1) is 24.0 Å². The van der Waals surface area contributed by atoms with Crippen LogP contribution in [0.1, 0.15) is 31.4 Å². The monoisotopic (exact) mass is 518 g/mol.